The highest BCUT2D eigenvalue weighted by atomic mass is 127. The van der Waals surface area contributed by atoms with Crippen LogP contribution in [0.5, 0.6) is 0 Å². The molecule has 0 radical (unpaired) electrons. The third kappa shape index (κ3) is 2.38. The van der Waals surface area contributed by atoms with E-state index in [1.54, 1.807) is 6.07 Å². The summed E-state index contributed by atoms with van der Waals surface area (Å²) in [7, 11) is 0. The Morgan fingerprint density at radius 1 is 1.33 bits per heavy atom. The highest BCUT2D eigenvalue weighted by molar-refractivity contribution is 14.1. The van der Waals surface area contributed by atoms with Crippen LogP contribution in [-0.2, 0) is 4.74 Å². The second-order valence-corrected chi connectivity index (χ2v) is 6.37. The van der Waals surface area contributed by atoms with Crippen LogP contribution in [0.1, 0.15) is 23.2 Å². The summed E-state index contributed by atoms with van der Waals surface area (Å²) in [5.74, 6) is 0.0634. The van der Waals surface area contributed by atoms with Crippen molar-refractivity contribution in [3.05, 3.63) is 32.4 Å². The Hall–Kier alpha value is -0.330. The summed E-state index contributed by atoms with van der Waals surface area (Å²) in [6, 6.07) is 5.47. The molecule has 2 heterocycles. The molecule has 0 saturated carbocycles. The van der Waals surface area contributed by atoms with Gasteiger partial charge in [0.15, 0.2) is 0 Å². The number of ether oxygens (including phenoxy) is 1. The molecular weight excluding hydrogens is 365 g/mol. The van der Waals surface area contributed by atoms with Crippen LogP contribution in [-0.4, -0.2) is 36.1 Å². The van der Waals surface area contributed by atoms with Gasteiger partial charge in [0.2, 0.25) is 0 Å². The van der Waals surface area contributed by atoms with Crippen molar-refractivity contribution in [1.29, 1.82) is 0 Å². The highest BCUT2D eigenvalue weighted by Crippen LogP contribution is 2.28. The minimum absolute atomic E-state index is 0.0634. The molecule has 18 heavy (non-hydrogen) atoms. The van der Waals surface area contributed by atoms with Crippen LogP contribution in [0.2, 0.25) is 5.02 Å². The molecular formula is C13H13ClINO2. The summed E-state index contributed by atoms with van der Waals surface area (Å²) < 4.78 is 6.70. The number of benzene rings is 1. The first-order valence-electron chi connectivity index (χ1n) is 6.03. The molecule has 5 heteroatoms. The monoisotopic (exact) mass is 377 g/mol. The molecule has 96 valence electrons. The Morgan fingerprint density at radius 3 is 2.61 bits per heavy atom. The highest BCUT2D eigenvalue weighted by Gasteiger charge is 2.35. The third-order valence-electron chi connectivity index (χ3n) is 3.50. The van der Waals surface area contributed by atoms with E-state index in [0.717, 1.165) is 16.4 Å². The molecule has 2 unspecified atom stereocenters. The molecule has 0 aromatic heterocycles. The smallest absolute Gasteiger partial charge is 0.254 e. The molecule has 2 aliphatic rings. The Kier molecular flexibility index (Phi) is 3.51. The number of hydrogen-bond donors (Lipinski definition) is 0. The summed E-state index contributed by atoms with van der Waals surface area (Å²) in [5.41, 5.74) is 0.668. The standard InChI is InChI=1S/C13H13ClINO2/c14-11-5-8(1-4-12(11)15)13(17)16-6-9-2-3-10(7-16)18-9/h1,4-5,9-10H,2-3,6-7H2. The fourth-order valence-electron chi connectivity index (χ4n) is 2.59. The number of fused-ring (bicyclic) bond motifs is 2. The number of morpholine rings is 1. The number of nitrogens with zero attached hydrogens (tertiary/aromatic N) is 1. The number of hydrogen-bond acceptors (Lipinski definition) is 2. The van der Waals surface area contributed by atoms with Gasteiger partial charge in [-0.15, -0.1) is 0 Å². The molecule has 2 saturated heterocycles. The Bertz CT molecular complexity index is 482. The lowest BCUT2D eigenvalue weighted by Gasteiger charge is -2.32. The van der Waals surface area contributed by atoms with Crippen molar-refractivity contribution in [3.63, 3.8) is 0 Å². The normalized spacial score (nSPS) is 26.4. The lowest BCUT2D eigenvalue weighted by atomic mass is 10.2. The summed E-state index contributed by atoms with van der Waals surface area (Å²) in [4.78, 5) is 14.3. The Labute approximate surface area is 125 Å². The van der Waals surface area contributed by atoms with Gasteiger partial charge in [0.1, 0.15) is 0 Å². The van der Waals surface area contributed by atoms with Crippen LogP contribution in [0.25, 0.3) is 0 Å². The van der Waals surface area contributed by atoms with Crippen LogP contribution in [0.3, 0.4) is 0 Å². The summed E-state index contributed by atoms with van der Waals surface area (Å²) in [5, 5.41) is 0.637. The van der Waals surface area contributed by atoms with E-state index >= 15 is 0 Å². The molecule has 0 N–H and O–H groups in total. The van der Waals surface area contributed by atoms with E-state index in [0.29, 0.717) is 23.7 Å². The molecule has 1 amide bonds. The third-order valence-corrected chi connectivity index (χ3v) is 5.07. The maximum atomic E-state index is 12.4. The van der Waals surface area contributed by atoms with Crippen LogP contribution in [0, 0.1) is 3.57 Å². The lowest BCUT2D eigenvalue weighted by Crippen LogP contribution is -2.45. The van der Waals surface area contributed by atoms with Crippen molar-refractivity contribution in [2.75, 3.05) is 13.1 Å². The van der Waals surface area contributed by atoms with Crippen LogP contribution in [0.4, 0.5) is 0 Å². The Balaban J connectivity index is 1.79. The minimum atomic E-state index is 0.0634. The van der Waals surface area contributed by atoms with Gasteiger partial charge in [-0.2, -0.15) is 0 Å². The molecule has 2 atom stereocenters. The van der Waals surface area contributed by atoms with Crippen molar-refractivity contribution in [2.45, 2.75) is 25.0 Å². The van der Waals surface area contributed by atoms with Crippen LogP contribution >= 0.6 is 34.2 Å². The van der Waals surface area contributed by atoms with E-state index in [2.05, 4.69) is 22.6 Å². The van der Waals surface area contributed by atoms with E-state index in [9.17, 15) is 4.79 Å². The van der Waals surface area contributed by atoms with Gasteiger partial charge < -0.3 is 9.64 Å². The van der Waals surface area contributed by atoms with Crippen molar-refractivity contribution in [3.8, 4) is 0 Å². The zero-order chi connectivity index (χ0) is 12.7. The molecule has 2 bridgehead atoms. The topological polar surface area (TPSA) is 29.5 Å². The summed E-state index contributed by atoms with van der Waals surface area (Å²) >= 11 is 8.22. The van der Waals surface area contributed by atoms with Gasteiger partial charge in [-0.1, -0.05) is 11.6 Å². The second kappa shape index (κ2) is 4.98. The van der Waals surface area contributed by atoms with E-state index in [1.807, 2.05) is 17.0 Å². The predicted molar refractivity (Wildman–Crippen MR) is 78.0 cm³/mol. The van der Waals surface area contributed by atoms with Crippen LogP contribution < -0.4 is 0 Å². The molecule has 0 aliphatic carbocycles. The molecule has 3 nitrogen and oxygen atoms in total. The lowest BCUT2D eigenvalue weighted by molar-refractivity contribution is -0.0303. The maximum Gasteiger partial charge on any atom is 0.254 e. The average Bonchev–Trinajstić information content (AvgIpc) is 2.71. The minimum Gasteiger partial charge on any atom is -0.371 e. The number of amides is 1. The van der Waals surface area contributed by atoms with E-state index in [-0.39, 0.29) is 18.1 Å². The quantitative estimate of drug-likeness (QED) is 0.704. The van der Waals surface area contributed by atoms with Crippen molar-refractivity contribution < 1.29 is 9.53 Å². The van der Waals surface area contributed by atoms with Crippen molar-refractivity contribution >= 4 is 40.1 Å². The molecule has 2 aliphatic heterocycles. The van der Waals surface area contributed by atoms with Crippen molar-refractivity contribution in [1.82, 2.24) is 4.90 Å². The number of likely N-dealkylation sites (tertiary alicyclic amines) is 1. The number of rotatable bonds is 1. The number of carbonyl (C=O) groups is 1. The van der Waals surface area contributed by atoms with E-state index < -0.39 is 0 Å². The zero-order valence-electron chi connectivity index (χ0n) is 9.73. The zero-order valence-corrected chi connectivity index (χ0v) is 12.6. The number of carbonyl (C=O) groups excluding carboxylic acids is 1. The largest absolute Gasteiger partial charge is 0.371 e. The maximum absolute atomic E-state index is 12.4. The SMILES string of the molecule is O=C(c1ccc(I)c(Cl)c1)N1CC2CCC(C1)O2. The van der Waals surface area contributed by atoms with E-state index in [4.69, 9.17) is 16.3 Å². The molecule has 0 spiro atoms. The first kappa shape index (κ1) is 12.7. The van der Waals surface area contributed by atoms with Gasteiger partial charge in [-0.25, -0.2) is 0 Å². The van der Waals surface area contributed by atoms with Gasteiger partial charge in [-0.05, 0) is 53.6 Å². The van der Waals surface area contributed by atoms with E-state index in [1.165, 1.54) is 0 Å². The predicted octanol–water partition coefficient (Wildman–Crippen LogP) is 2.95. The average molecular weight is 378 g/mol. The first-order chi connectivity index (χ1) is 8.63. The summed E-state index contributed by atoms with van der Waals surface area (Å²) in [6.07, 6.45) is 2.60. The van der Waals surface area contributed by atoms with Gasteiger partial charge in [0, 0.05) is 22.2 Å². The summed E-state index contributed by atoms with van der Waals surface area (Å²) in [6.45, 7) is 1.41. The molecule has 2 fully saturated rings. The van der Waals surface area contributed by atoms with Crippen LogP contribution in [0.15, 0.2) is 18.2 Å². The van der Waals surface area contributed by atoms with Crippen molar-refractivity contribution in [2.24, 2.45) is 0 Å². The Morgan fingerprint density at radius 2 is 2.00 bits per heavy atom. The fraction of sp³-hybridized carbons (Fsp3) is 0.462. The second-order valence-electron chi connectivity index (χ2n) is 4.80. The molecule has 1 aromatic carbocycles. The van der Waals surface area contributed by atoms with Gasteiger partial charge in [0.25, 0.3) is 5.91 Å². The fourth-order valence-corrected chi connectivity index (χ4v) is 3.11. The van der Waals surface area contributed by atoms with Gasteiger partial charge >= 0.3 is 0 Å². The first-order valence-corrected chi connectivity index (χ1v) is 7.49. The van der Waals surface area contributed by atoms with Gasteiger partial charge in [0.05, 0.1) is 17.2 Å². The number of halogens is 2. The molecule has 3 rings (SSSR count). The molecule has 1 aromatic rings. The van der Waals surface area contributed by atoms with Gasteiger partial charge in [-0.3, -0.25) is 4.79 Å².